The van der Waals surface area contributed by atoms with E-state index in [2.05, 4.69) is 0 Å². The van der Waals surface area contributed by atoms with Crippen LogP contribution in [0.25, 0.3) is 0 Å². The van der Waals surface area contributed by atoms with Crippen molar-refractivity contribution in [1.82, 2.24) is 0 Å². The number of rotatable bonds is 0. The first-order valence-electron chi connectivity index (χ1n) is 0. The zero-order valence-corrected chi connectivity index (χ0v) is 8.57. The SMILES string of the molecule is [Cd+2].[Ge+4].[O-2].[O-2].[O-2]. The minimum absolute atomic E-state index is 0. The molecule has 0 radical (unpaired) electrons. The standard InChI is InChI=1S/Cd.Ge.3O/q+2;+4;3*-2. The summed E-state index contributed by atoms with van der Waals surface area (Å²) in [6.07, 6.45) is 0. The van der Waals surface area contributed by atoms with Gasteiger partial charge in [-0.1, -0.05) is 0 Å². The van der Waals surface area contributed by atoms with E-state index in [1.807, 2.05) is 0 Å². The zero-order chi connectivity index (χ0) is 0. The van der Waals surface area contributed by atoms with Crippen molar-refractivity contribution in [2.75, 3.05) is 0 Å². The maximum absolute atomic E-state index is 0. The molecule has 0 fully saturated rings. The third-order valence-electron chi connectivity index (χ3n) is 0. The van der Waals surface area contributed by atoms with Gasteiger partial charge in [0.25, 0.3) is 0 Å². The second-order valence-corrected chi connectivity index (χ2v) is 0. The van der Waals surface area contributed by atoms with Crippen molar-refractivity contribution in [3.63, 3.8) is 0 Å². The van der Waals surface area contributed by atoms with E-state index in [0.29, 0.717) is 0 Å². The van der Waals surface area contributed by atoms with Crippen LogP contribution in [0.4, 0.5) is 0 Å². The summed E-state index contributed by atoms with van der Waals surface area (Å²) in [5, 5.41) is 0. The van der Waals surface area contributed by atoms with Gasteiger partial charge in [0.1, 0.15) is 0 Å². The van der Waals surface area contributed by atoms with Crippen LogP contribution in [0.1, 0.15) is 0 Å². The van der Waals surface area contributed by atoms with Crippen LogP contribution in [0.2, 0.25) is 0 Å². The summed E-state index contributed by atoms with van der Waals surface area (Å²) in [4.78, 5) is 0. The topological polar surface area (TPSA) is 85.5 Å². The molecule has 0 N–H and O–H groups in total. The van der Waals surface area contributed by atoms with Gasteiger partial charge >= 0.3 is 44.9 Å². The molecule has 0 amide bonds. The van der Waals surface area contributed by atoms with Crippen molar-refractivity contribution >= 4 is 17.6 Å². The van der Waals surface area contributed by atoms with Crippen LogP contribution in [-0.4, -0.2) is 17.6 Å². The maximum Gasteiger partial charge on any atom is 4.00 e. The van der Waals surface area contributed by atoms with Crippen LogP contribution < -0.4 is 0 Å². The van der Waals surface area contributed by atoms with Gasteiger partial charge in [0, 0.05) is 0 Å². The normalized spacial score (nSPS) is 0. The van der Waals surface area contributed by atoms with Gasteiger partial charge in [0.2, 0.25) is 0 Å². The van der Waals surface area contributed by atoms with E-state index in [1.165, 1.54) is 0 Å². The summed E-state index contributed by atoms with van der Waals surface area (Å²) in [6, 6.07) is 0. The Morgan fingerprint density at radius 2 is 0.600 bits per heavy atom. The molecule has 0 unspecified atom stereocenters. The molecule has 0 atom stereocenters. The van der Waals surface area contributed by atoms with Crippen LogP contribution in [0.15, 0.2) is 0 Å². The molecule has 0 heterocycles. The van der Waals surface area contributed by atoms with Crippen molar-refractivity contribution < 1.29 is 43.7 Å². The maximum atomic E-state index is 0. The van der Waals surface area contributed by atoms with Crippen LogP contribution in [-0.2, 0) is 43.7 Å². The fourth-order valence-electron chi connectivity index (χ4n) is 0. The van der Waals surface area contributed by atoms with Gasteiger partial charge in [-0.2, -0.15) is 0 Å². The zero-order valence-electron chi connectivity index (χ0n) is 2.43. The van der Waals surface area contributed by atoms with E-state index in [9.17, 15) is 0 Å². The molecular formula is CdGeO3. The first-order valence-corrected chi connectivity index (χ1v) is 0. The minimum atomic E-state index is 0. The molecular weight excluding hydrogens is 233 g/mol. The van der Waals surface area contributed by atoms with E-state index in [0.717, 1.165) is 0 Å². The Balaban J connectivity index is 0. The van der Waals surface area contributed by atoms with Gasteiger partial charge in [0.15, 0.2) is 0 Å². The molecule has 0 aliphatic heterocycles. The number of hydrogen-bond donors (Lipinski definition) is 0. The molecule has 0 aromatic heterocycles. The first-order chi connectivity index (χ1) is 0. The first kappa shape index (κ1) is 100. The third kappa shape index (κ3) is 33.1. The molecule has 5 heavy (non-hydrogen) atoms. The molecule has 3 nitrogen and oxygen atoms in total. The monoisotopic (exact) mass is 236 g/mol. The molecule has 0 spiro atoms. The van der Waals surface area contributed by atoms with Gasteiger partial charge in [-0.25, -0.2) is 0 Å². The molecule has 0 bridgehead atoms. The summed E-state index contributed by atoms with van der Waals surface area (Å²) in [5.74, 6) is 0. The van der Waals surface area contributed by atoms with Gasteiger partial charge in [-0.05, 0) is 0 Å². The molecule has 0 saturated heterocycles. The summed E-state index contributed by atoms with van der Waals surface area (Å²) in [5.41, 5.74) is 0. The van der Waals surface area contributed by atoms with E-state index in [-0.39, 0.29) is 61.3 Å². The predicted molar refractivity (Wildman–Crippen MR) is 7.81 cm³/mol. The average molecular weight is 233 g/mol. The molecule has 0 aromatic rings. The van der Waals surface area contributed by atoms with Gasteiger partial charge < -0.3 is 16.4 Å². The predicted octanol–water partition coefficient (Wildman–Crippen LogP) is -0.740. The Kier molecular flexibility index (Phi) is 1120. The molecule has 0 aliphatic rings. The van der Waals surface area contributed by atoms with E-state index < -0.39 is 0 Å². The summed E-state index contributed by atoms with van der Waals surface area (Å²) >= 11 is 0. The Morgan fingerprint density at radius 3 is 0.600 bits per heavy atom. The van der Waals surface area contributed by atoms with Crippen LogP contribution in [0.3, 0.4) is 0 Å². The van der Waals surface area contributed by atoms with Crippen molar-refractivity contribution in [1.29, 1.82) is 0 Å². The van der Waals surface area contributed by atoms with Crippen LogP contribution >= 0.6 is 0 Å². The molecule has 24 valence electrons. The van der Waals surface area contributed by atoms with Crippen molar-refractivity contribution in [3.05, 3.63) is 0 Å². The average Bonchev–Trinajstić information content (AvgIpc) is 0. The molecule has 0 aromatic carbocycles. The van der Waals surface area contributed by atoms with Crippen molar-refractivity contribution in [2.24, 2.45) is 0 Å². The van der Waals surface area contributed by atoms with E-state index in [1.54, 1.807) is 0 Å². The Bertz CT molecular complexity index is 6.85. The number of hydrogen-bond acceptors (Lipinski definition) is 0. The third-order valence-corrected chi connectivity index (χ3v) is 0. The largest absolute Gasteiger partial charge is 4.00 e. The van der Waals surface area contributed by atoms with E-state index >= 15 is 0 Å². The second kappa shape index (κ2) is 55.8. The van der Waals surface area contributed by atoms with Crippen LogP contribution in [0.5, 0.6) is 0 Å². The summed E-state index contributed by atoms with van der Waals surface area (Å²) in [7, 11) is 0. The smallest absolute Gasteiger partial charge is 2.00 e. The molecule has 0 rings (SSSR count). The van der Waals surface area contributed by atoms with Crippen molar-refractivity contribution in [3.8, 4) is 0 Å². The molecule has 5 heteroatoms. The van der Waals surface area contributed by atoms with Crippen molar-refractivity contribution in [2.45, 2.75) is 0 Å². The Labute approximate surface area is 61.2 Å². The fraction of sp³-hybridized carbons (Fsp3) is 0. The van der Waals surface area contributed by atoms with Gasteiger partial charge in [0.05, 0.1) is 0 Å². The Morgan fingerprint density at radius 1 is 0.600 bits per heavy atom. The molecule has 0 aliphatic carbocycles. The fourth-order valence-corrected chi connectivity index (χ4v) is 0. The second-order valence-electron chi connectivity index (χ2n) is 0. The Hall–Kier alpha value is 1.34. The molecule has 0 saturated carbocycles. The quantitative estimate of drug-likeness (QED) is 0.493. The summed E-state index contributed by atoms with van der Waals surface area (Å²) < 4.78 is 0. The van der Waals surface area contributed by atoms with Gasteiger partial charge in [-0.15, -0.1) is 0 Å². The minimum Gasteiger partial charge on any atom is -2.00 e. The summed E-state index contributed by atoms with van der Waals surface area (Å²) in [6.45, 7) is 0. The van der Waals surface area contributed by atoms with E-state index in [4.69, 9.17) is 0 Å². The van der Waals surface area contributed by atoms with Crippen LogP contribution in [0, 0.1) is 0 Å². The van der Waals surface area contributed by atoms with Gasteiger partial charge in [-0.3, -0.25) is 0 Å².